The van der Waals surface area contributed by atoms with E-state index >= 15 is 0 Å². The van der Waals surface area contributed by atoms with Crippen LogP contribution in [0, 0.1) is 0 Å². The van der Waals surface area contributed by atoms with Gasteiger partial charge < -0.3 is 0 Å². The van der Waals surface area contributed by atoms with Crippen LogP contribution in [0.4, 0.5) is 0 Å². The summed E-state index contributed by atoms with van der Waals surface area (Å²) in [6, 6.07) is 9.47. The molecule has 7 nitrogen and oxygen atoms in total. The summed E-state index contributed by atoms with van der Waals surface area (Å²) in [5.74, 6) is -1.06. The predicted molar refractivity (Wildman–Crippen MR) is 94.6 cm³/mol. The van der Waals surface area contributed by atoms with Crippen LogP contribution in [0.5, 0.6) is 0 Å². The first-order valence-electron chi connectivity index (χ1n) is 7.38. The van der Waals surface area contributed by atoms with Crippen LogP contribution in [-0.2, 0) is 6.54 Å². The van der Waals surface area contributed by atoms with Gasteiger partial charge >= 0.3 is 0 Å². The van der Waals surface area contributed by atoms with Crippen molar-refractivity contribution >= 4 is 46.0 Å². The zero-order chi connectivity index (χ0) is 18.0. The first kappa shape index (κ1) is 17.2. The highest BCUT2D eigenvalue weighted by atomic mass is 35.5. The molecule has 128 valence electrons. The molecule has 2 amide bonds. The van der Waals surface area contributed by atoms with Gasteiger partial charge in [0.05, 0.1) is 16.1 Å². The molecule has 0 bridgehead atoms. The van der Waals surface area contributed by atoms with Crippen molar-refractivity contribution in [2.24, 2.45) is 0 Å². The zero-order valence-corrected chi connectivity index (χ0v) is 14.6. The monoisotopic (exact) mass is 377 g/mol. The molecule has 9 heteroatoms. The molecule has 0 aliphatic rings. The molecular weight excluding hydrogens is 365 g/mol. The molecule has 0 aliphatic carbocycles. The number of carbonyl (C=O) groups is 2. The van der Waals surface area contributed by atoms with Crippen molar-refractivity contribution in [3.8, 4) is 0 Å². The smallest absolute Gasteiger partial charge is 0.267 e. The highest BCUT2D eigenvalue weighted by molar-refractivity contribution is 6.35. The molecule has 0 unspecified atom stereocenters. The average Bonchev–Trinajstić information content (AvgIpc) is 3.03. The second-order valence-electron chi connectivity index (χ2n) is 5.14. The van der Waals surface area contributed by atoms with Crippen molar-refractivity contribution in [2.75, 3.05) is 0 Å². The number of aromatic nitrogens is 3. The lowest BCUT2D eigenvalue weighted by Crippen LogP contribution is -2.41. The summed E-state index contributed by atoms with van der Waals surface area (Å²) in [5, 5.41) is 8.59. The van der Waals surface area contributed by atoms with Crippen LogP contribution in [0.25, 0.3) is 11.0 Å². The van der Waals surface area contributed by atoms with Crippen LogP contribution >= 0.6 is 23.2 Å². The molecular formula is C16H13Cl2N5O2. The van der Waals surface area contributed by atoms with Crippen molar-refractivity contribution in [1.29, 1.82) is 0 Å². The molecule has 0 spiro atoms. The number of benzene rings is 2. The van der Waals surface area contributed by atoms with Crippen LogP contribution in [0.2, 0.25) is 10.0 Å². The number of carbonyl (C=O) groups excluding carboxylic acids is 2. The van der Waals surface area contributed by atoms with Crippen molar-refractivity contribution in [3.05, 3.63) is 57.6 Å². The maximum Gasteiger partial charge on any atom is 0.271 e. The zero-order valence-electron chi connectivity index (χ0n) is 13.1. The minimum atomic E-state index is -0.571. The fourth-order valence-corrected chi connectivity index (χ4v) is 2.65. The molecule has 0 aliphatic heterocycles. The van der Waals surface area contributed by atoms with E-state index in [1.807, 2.05) is 6.92 Å². The summed E-state index contributed by atoms with van der Waals surface area (Å²) in [6.45, 7) is 2.63. The molecule has 0 saturated carbocycles. The van der Waals surface area contributed by atoms with Gasteiger partial charge in [0.2, 0.25) is 0 Å². The maximum absolute atomic E-state index is 12.2. The Morgan fingerprint density at radius 2 is 1.84 bits per heavy atom. The minimum absolute atomic E-state index is 0.163. The number of nitrogens with one attached hydrogen (secondary N) is 2. The fraction of sp³-hybridized carbons (Fsp3) is 0.125. The van der Waals surface area contributed by atoms with E-state index in [2.05, 4.69) is 21.2 Å². The van der Waals surface area contributed by atoms with Crippen LogP contribution in [0.3, 0.4) is 0 Å². The van der Waals surface area contributed by atoms with Crippen LogP contribution < -0.4 is 10.9 Å². The highest BCUT2D eigenvalue weighted by Crippen LogP contribution is 2.20. The van der Waals surface area contributed by atoms with Crippen molar-refractivity contribution in [1.82, 2.24) is 25.8 Å². The van der Waals surface area contributed by atoms with Crippen molar-refractivity contribution in [3.63, 3.8) is 0 Å². The number of hydrogen-bond acceptors (Lipinski definition) is 4. The maximum atomic E-state index is 12.2. The molecule has 0 radical (unpaired) electrons. The molecule has 25 heavy (non-hydrogen) atoms. The largest absolute Gasteiger partial charge is 0.271 e. The Morgan fingerprint density at radius 1 is 1.08 bits per heavy atom. The Hall–Kier alpha value is -2.64. The normalized spacial score (nSPS) is 10.7. The molecule has 2 aromatic carbocycles. The third kappa shape index (κ3) is 3.57. The van der Waals surface area contributed by atoms with Gasteiger partial charge in [-0.15, -0.1) is 5.10 Å². The average molecular weight is 378 g/mol. The lowest BCUT2D eigenvalue weighted by atomic mass is 10.2. The quantitative estimate of drug-likeness (QED) is 0.686. The summed E-state index contributed by atoms with van der Waals surface area (Å²) in [7, 11) is 0. The summed E-state index contributed by atoms with van der Waals surface area (Å²) < 4.78 is 1.72. The molecule has 1 heterocycles. The molecule has 0 saturated heterocycles. The third-order valence-corrected chi connectivity index (χ3v) is 4.10. The van der Waals surface area contributed by atoms with Gasteiger partial charge in [-0.1, -0.05) is 28.4 Å². The van der Waals surface area contributed by atoms with E-state index in [9.17, 15) is 9.59 Å². The number of fused-ring (bicyclic) bond motifs is 1. The standard InChI is InChI=1S/C16H13Cl2N5O2/c1-2-23-14-6-3-9(7-13(14)19-22-23)15(24)20-21-16(25)11-8-10(17)4-5-12(11)18/h3-8H,2H2,1H3,(H,20,24)(H,21,25). The lowest BCUT2D eigenvalue weighted by Gasteiger charge is -2.09. The van der Waals surface area contributed by atoms with E-state index in [1.54, 1.807) is 28.9 Å². The summed E-state index contributed by atoms with van der Waals surface area (Å²) in [5.41, 5.74) is 6.57. The number of hydrogen-bond donors (Lipinski definition) is 2. The SMILES string of the molecule is CCn1nnc2cc(C(=O)NNC(=O)c3cc(Cl)ccc3Cl)ccc21. The van der Waals surface area contributed by atoms with Crippen molar-refractivity contribution in [2.45, 2.75) is 13.5 Å². The first-order chi connectivity index (χ1) is 12.0. The van der Waals surface area contributed by atoms with Gasteiger partial charge in [-0.25, -0.2) is 4.68 Å². The van der Waals surface area contributed by atoms with Gasteiger partial charge in [0.25, 0.3) is 11.8 Å². The van der Waals surface area contributed by atoms with E-state index in [0.29, 0.717) is 22.6 Å². The Balaban J connectivity index is 1.72. The fourth-order valence-electron chi connectivity index (χ4n) is 2.27. The van der Waals surface area contributed by atoms with Gasteiger partial charge in [-0.2, -0.15) is 0 Å². The Morgan fingerprint density at radius 3 is 2.60 bits per heavy atom. The van der Waals surface area contributed by atoms with Gasteiger partial charge in [0.15, 0.2) is 0 Å². The molecule has 1 aromatic heterocycles. The van der Waals surface area contributed by atoms with E-state index < -0.39 is 11.8 Å². The molecule has 3 aromatic rings. The van der Waals surface area contributed by atoms with Crippen molar-refractivity contribution < 1.29 is 9.59 Å². The van der Waals surface area contributed by atoms with E-state index in [4.69, 9.17) is 23.2 Å². The number of amides is 2. The highest BCUT2D eigenvalue weighted by Gasteiger charge is 2.14. The molecule has 3 rings (SSSR count). The second kappa shape index (κ2) is 7.08. The number of nitrogens with zero attached hydrogens (tertiary/aromatic N) is 3. The number of aryl methyl sites for hydroxylation is 1. The molecule has 0 atom stereocenters. The third-order valence-electron chi connectivity index (χ3n) is 3.54. The molecule has 0 fully saturated rings. The van der Waals surface area contributed by atoms with Gasteiger partial charge in [-0.05, 0) is 43.3 Å². The van der Waals surface area contributed by atoms with Crippen LogP contribution in [0.1, 0.15) is 27.6 Å². The van der Waals surface area contributed by atoms with E-state index in [1.165, 1.54) is 12.1 Å². The Bertz CT molecular complexity index is 970. The van der Waals surface area contributed by atoms with E-state index in [0.717, 1.165) is 5.52 Å². The Kier molecular flexibility index (Phi) is 4.87. The lowest BCUT2D eigenvalue weighted by molar-refractivity contribution is 0.0847. The number of halogens is 2. The van der Waals surface area contributed by atoms with Gasteiger partial charge in [-0.3, -0.25) is 20.4 Å². The number of hydrazine groups is 1. The summed E-state index contributed by atoms with van der Waals surface area (Å²) in [4.78, 5) is 24.3. The van der Waals surface area contributed by atoms with Gasteiger partial charge in [0.1, 0.15) is 5.52 Å². The molecule has 2 N–H and O–H groups in total. The second-order valence-corrected chi connectivity index (χ2v) is 5.98. The topological polar surface area (TPSA) is 88.9 Å². The summed E-state index contributed by atoms with van der Waals surface area (Å²) >= 11 is 11.8. The minimum Gasteiger partial charge on any atom is -0.267 e. The Labute approximate surface area is 152 Å². The van der Waals surface area contributed by atoms with Gasteiger partial charge in [0, 0.05) is 17.1 Å². The predicted octanol–water partition coefficient (Wildman–Crippen LogP) is 2.83. The van der Waals surface area contributed by atoms with Crippen LogP contribution in [0.15, 0.2) is 36.4 Å². The number of rotatable bonds is 3. The van der Waals surface area contributed by atoms with E-state index in [-0.39, 0.29) is 10.6 Å². The summed E-state index contributed by atoms with van der Waals surface area (Å²) in [6.07, 6.45) is 0. The first-order valence-corrected chi connectivity index (χ1v) is 8.14. The van der Waals surface area contributed by atoms with Crippen LogP contribution in [-0.4, -0.2) is 26.8 Å².